The molecule has 1 aliphatic carbocycles. The molecule has 26 heavy (non-hydrogen) atoms. The van der Waals surface area contributed by atoms with E-state index >= 15 is 0 Å². The molecule has 1 aromatic heterocycles. The number of aromatic nitrogens is 1. The lowest BCUT2D eigenvalue weighted by molar-refractivity contribution is -0.151. The molecule has 1 saturated carbocycles. The number of carbonyl (C=O) groups excluding carboxylic acids is 2. The fraction of sp³-hybridized carbons (Fsp3) is 0.421. The van der Waals surface area contributed by atoms with E-state index in [0.29, 0.717) is 16.4 Å². The van der Waals surface area contributed by atoms with E-state index in [1.165, 1.54) is 11.3 Å². The molecule has 0 radical (unpaired) electrons. The van der Waals surface area contributed by atoms with Crippen molar-refractivity contribution in [3.63, 3.8) is 0 Å². The van der Waals surface area contributed by atoms with Crippen LogP contribution < -0.4 is 5.32 Å². The first-order valence-corrected chi connectivity index (χ1v) is 9.55. The number of methoxy groups -OCH3 is 1. The molecule has 3 rings (SSSR count). The summed E-state index contributed by atoms with van der Waals surface area (Å²) >= 11 is 1.29. The van der Waals surface area contributed by atoms with E-state index in [4.69, 9.17) is 9.47 Å². The third kappa shape index (κ3) is 5.12. The van der Waals surface area contributed by atoms with Crippen LogP contribution >= 0.6 is 11.3 Å². The van der Waals surface area contributed by atoms with Gasteiger partial charge in [-0.1, -0.05) is 18.2 Å². The van der Waals surface area contributed by atoms with E-state index in [1.807, 2.05) is 6.07 Å². The van der Waals surface area contributed by atoms with Gasteiger partial charge in [0.2, 0.25) is 0 Å². The average Bonchev–Trinajstić information content (AvgIpc) is 3.09. The maximum absolute atomic E-state index is 12.1. The molecule has 0 spiro atoms. The van der Waals surface area contributed by atoms with Crippen molar-refractivity contribution in [3.8, 4) is 0 Å². The minimum Gasteiger partial charge on any atom is -0.462 e. The molecule has 2 aromatic rings. The molecule has 6 nitrogen and oxygen atoms in total. The van der Waals surface area contributed by atoms with Crippen molar-refractivity contribution in [1.29, 1.82) is 0 Å². The zero-order valence-electron chi connectivity index (χ0n) is 14.6. The number of hydrogen-bond acceptors (Lipinski definition) is 6. The van der Waals surface area contributed by atoms with Gasteiger partial charge in [-0.25, -0.2) is 4.98 Å². The quantitative estimate of drug-likeness (QED) is 0.784. The number of benzene rings is 1. The van der Waals surface area contributed by atoms with Gasteiger partial charge in [-0.3, -0.25) is 14.9 Å². The highest BCUT2D eigenvalue weighted by Crippen LogP contribution is 2.24. The van der Waals surface area contributed by atoms with Crippen LogP contribution in [0.4, 0.5) is 5.13 Å². The third-order valence-electron chi connectivity index (χ3n) is 4.34. The van der Waals surface area contributed by atoms with Crippen LogP contribution in [0, 0.1) is 0 Å². The van der Waals surface area contributed by atoms with Crippen molar-refractivity contribution < 1.29 is 19.1 Å². The molecule has 1 fully saturated rings. The Morgan fingerprint density at radius 1 is 1.23 bits per heavy atom. The minimum atomic E-state index is -0.294. The van der Waals surface area contributed by atoms with Crippen LogP contribution in [-0.2, 0) is 20.7 Å². The van der Waals surface area contributed by atoms with E-state index < -0.39 is 0 Å². The Labute approximate surface area is 156 Å². The molecule has 1 amide bonds. The second-order valence-corrected chi connectivity index (χ2v) is 7.14. The van der Waals surface area contributed by atoms with Gasteiger partial charge in [-0.15, -0.1) is 11.3 Å². The van der Waals surface area contributed by atoms with Gasteiger partial charge >= 0.3 is 5.97 Å². The number of carbonyl (C=O) groups is 2. The van der Waals surface area contributed by atoms with Crippen LogP contribution in [0.2, 0.25) is 0 Å². The Hall–Kier alpha value is -2.25. The first-order valence-electron chi connectivity index (χ1n) is 8.67. The molecular weight excluding hydrogens is 352 g/mol. The average molecular weight is 374 g/mol. The summed E-state index contributed by atoms with van der Waals surface area (Å²) in [4.78, 5) is 28.6. The number of esters is 1. The van der Waals surface area contributed by atoms with E-state index in [-0.39, 0.29) is 30.5 Å². The van der Waals surface area contributed by atoms with Gasteiger partial charge in [0.25, 0.3) is 5.91 Å². The van der Waals surface area contributed by atoms with Crippen molar-refractivity contribution in [1.82, 2.24) is 4.98 Å². The van der Waals surface area contributed by atoms with Crippen molar-refractivity contribution >= 4 is 28.3 Å². The van der Waals surface area contributed by atoms with Crippen LogP contribution in [0.15, 0.2) is 35.7 Å². The summed E-state index contributed by atoms with van der Waals surface area (Å²) in [5.74, 6) is -0.514. The number of hydrogen-bond donors (Lipinski definition) is 1. The van der Waals surface area contributed by atoms with Gasteiger partial charge in [0, 0.05) is 24.5 Å². The zero-order chi connectivity index (χ0) is 18.4. The van der Waals surface area contributed by atoms with Gasteiger partial charge in [-0.05, 0) is 31.4 Å². The molecule has 138 valence electrons. The topological polar surface area (TPSA) is 77.5 Å². The number of anilines is 1. The van der Waals surface area contributed by atoms with Gasteiger partial charge in [0.15, 0.2) is 5.13 Å². The number of rotatable bonds is 6. The molecule has 0 bridgehead atoms. The summed E-state index contributed by atoms with van der Waals surface area (Å²) in [5.41, 5.74) is 1.16. The van der Waals surface area contributed by atoms with Crippen molar-refractivity contribution in [2.75, 3.05) is 12.4 Å². The fourth-order valence-corrected chi connectivity index (χ4v) is 3.71. The van der Waals surface area contributed by atoms with Gasteiger partial charge in [-0.2, -0.15) is 0 Å². The molecule has 1 aromatic carbocycles. The highest BCUT2D eigenvalue weighted by molar-refractivity contribution is 7.14. The van der Waals surface area contributed by atoms with Gasteiger partial charge in [0.05, 0.1) is 18.2 Å². The predicted octanol–water partition coefficient (Wildman–Crippen LogP) is 3.44. The maximum atomic E-state index is 12.1. The summed E-state index contributed by atoms with van der Waals surface area (Å²) in [7, 11) is 1.69. The summed E-state index contributed by atoms with van der Waals surface area (Å²) in [6.07, 6.45) is 3.83. The predicted molar refractivity (Wildman–Crippen MR) is 99.4 cm³/mol. The largest absolute Gasteiger partial charge is 0.462 e. The molecule has 2 atom stereocenters. The normalized spacial score (nSPS) is 19.7. The molecule has 0 aliphatic heterocycles. The van der Waals surface area contributed by atoms with Crippen molar-refractivity contribution in [3.05, 3.63) is 47.0 Å². The smallest absolute Gasteiger partial charge is 0.312 e. The molecule has 0 saturated heterocycles. The Balaban J connectivity index is 1.50. The van der Waals surface area contributed by atoms with E-state index in [2.05, 4.69) is 10.3 Å². The highest BCUT2D eigenvalue weighted by Gasteiger charge is 2.25. The van der Waals surface area contributed by atoms with E-state index in [0.717, 1.165) is 25.7 Å². The molecular formula is C19H22N2O4S. The Bertz CT molecular complexity index is 747. The minimum absolute atomic E-state index is 0.0860. The Morgan fingerprint density at radius 2 is 2.00 bits per heavy atom. The standard InChI is InChI=1S/C19H22N2O4S/c1-24-15-8-5-9-16(11-15)25-17(22)10-14-12-26-19(20-14)21-18(23)13-6-3-2-4-7-13/h2-4,6-7,12,15-16H,5,8-11H2,1H3,(H,20,21,23)/t15-,16-/m1/s1. The fourth-order valence-electron chi connectivity index (χ4n) is 3.00. The van der Waals surface area contributed by atoms with Gasteiger partial charge < -0.3 is 9.47 Å². The first-order chi connectivity index (χ1) is 12.6. The summed E-state index contributed by atoms with van der Waals surface area (Å²) < 4.78 is 10.9. The van der Waals surface area contributed by atoms with Crippen LogP contribution in [0.1, 0.15) is 41.7 Å². The highest BCUT2D eigenvalue weighted by atomic mass is 32.1. The van der Waals surface area contributed by atoms with Gasteiger partial charge in [0.1, 0.15) is 6.10 Å². The monoisotopic (exact) mass is 374 g/mol. The van der Waals surface area contributed by atoms with E-state index in [1.54, 1.807) is 36.8 Å². The van der Waals surface area contributed by atoms with Crippen LogP contribution in [0.5, 0.6) is 0 Å². The molecule has 1 heterocycles. The molecule has 1 aliphatic rings. The number of ether oxygens (including phenoxy) is 2. The summed E-state index contributed by atoms with van der Waals surface area (Å²) in [5, 5.41) is 4.98. The first kappa shape index (κ1) is 18.5. The third-order valence-corrected chi connectivity index (χ3v) is 5.15. The summed E-state index contributed by atoms with van der Waals surface area (Å²) in [6, 6.07) is 8.93. The van der Waals surface area contributed by atoms with Crippen molar-refractivity contribution in [2.24, 2.45) is 0 Å². The molecule has 7 heteroatoms. The van der Waals surface area contributed by atoms with Crippen LogP contribution in [-0.4, -0.2) is 36.2 Å². The number of nitrogens with one attached hydrogen (secondary N) is 1. The Morgan fingerprint density at radius 3 is 2.77 bits per heavy atom. The Kier molecular flexibility index (Phi) is 6.35. The van der Waals surface area contributed by atoms with E-state index in [9.17, 15) is 9.59 Å². The van der Waals surface area contributed by atoms with Crippen LogP contribution in [0.3, 0.4) is 0 Å². The SMILES string of the molecule is CO[C@@H]1CCC[C@@H](OC(=O)Cc2csc(NC(=O)c3ccccc3)n2)C1. The zero-order valence-corrected chi connectivity index (χ0v) is 15.5. The second kappa shape index (κ2) is 8.91. The number of thiazole rings is 1. The lowest BCUT2D eigenvalue weighted by Gasteiger charge is -2.27. The van der Waals surface area contributed by atoms with Crippen LogP contribution in [0.25, 0.3) is 0 Å². The molecule has 0 unspecified atom stereocenters. The lowest BCUT2D eigenvalue weighted by Crippen LogP contribution is -2.29. The maximum Gasteiger partial charge on any atom is 0.312 e. The number of amides is 1. The second-order valence-electron chi connectivity index (χ2n) is 6.28. The van der Waals surface area contributed by atoms with Crippen molar-refractivity contribution in [2.45, 2.75) is 44.3 Å². The lowest BCUT2D eigenvalue weighted by atomic mass is 9.95. The summed E-state index contributed by atoms with van der Waals surface area (Å²) in [6.45, 7) is 0. The molecule has 1 N–H and O–H groups in total. The number of nitrogens with zero attached hydrogens (tertiary/aromatic N) is 1.